The molecule has 1 aromatic carbocycles. The molecular formula is C13H17NO3. The molecule has 17 heavy (non-hydrogen) atoms. The number of ether oxygens (including phenoxy) is 3. The maximum Gasteiger partial charge on any atom is 0.166 e. The molecule has 1 rings (SSSR count). The summed E-state index contributed by atoms with van der Waals surface area (Å²) < 4.78 is 15.9. The first-order valence-electron chi connectivity index (χ1n) is 5.28. The summed E-state index contributed by atoms with van der Waals surface area (Å²) in [7, 11) is 3.18. The minimum Gasteiger partial charge on any atom is -0.496 e. The molecule has 0 saturated heterocycles. The number of rotatable bonds is 6. The van der Waals surface area contributed by atoms with Crippen molar-refractivity contribution in [1.29, 1.82) is 0 Å². The van der Waals surface area contributed by atoms with Crippen LogP contribution in [0.5, 0.6) is 17.2 Å². The standard InChI is InChI=1S/C13H17NO3/c1-4-7-17-13-9-11(15-2)10(5-6-14)8-12(13)16-3/h1,8-9H,5-7,14H2,2-3H3. The third kappa shape index (κ3) is 3.30. The van der Waals surface area contributed by atoms with Crippen LogP contribution in [0.15, 0.2) is 12.1 Å². The molecule has 0 bridgehead atoms. The summed E-state index contributed by atoms with van der Waals surface area (Å²) in [6.45, 7) is 0.736. The van der Waals surface area contributed by atoms with Crippen LogP contribution in [0.3, 0.4) is 0 Å². The van der Waals surface area contributed by atoms with E-state index in [2.05, 4.69) is 5.92 Å². The van der Waals surface area contributed by atoms with Crippen LogP contribution in [0, 0.1) is 12.3 Å². The van der Waals surface area contributed by atoms with Crippen molar-refractivity contribution >= 4 is 0 Å². The molecule has 0 spiro atoms. The molecule has 1 aromatic rings. The average molecular weight is 235 g/mol. The number of benzene rings is 1. The quantitative estimate of drug-likeness (QED) is 0.753. The van der Waals surface area contributed by atoms with Gasteiger partial charge in [0.15, 0.2) is 11.5 Å². The SMILES string of the molecule is C#CCOc1cc(OC)c(CCN)cc1OC. The third-order valence-corrected chi connectivity index (χ3v) is 2.29. The lowest BCUT2D eigenvalue weighted by molar-refractivity contribution is 0.325. The van der Waals surface area contributed by atoms with E-state index in [0.717, 1.165) is 17.7 Å². The Balaban J connectivity index is 3.09. The minimum absolute atomic E-state index is 0.190. The van der Waals surface area contributed by atoms with Crippen molar-refractivity contribution in [2.24, 2.45) is 5.73 Å². The molecular weight excluding hydrogens is 218 g/mol. The Hall–Kier alpha value is -1.86. The molecule has 0 saturated carbocycles. The molecule has 0 heterocycles. The number of nitrogens with two attached hydrogens (primary N) is 1. The van der Waals surface area contributed by atoms with Gasteiger partial charge in [-0.2, -0.15) is 0 Å². The van der Waals surface area contributed by atoms with Gasteiger partial charge in [0.2, 0.25) is 0 Å². The molecule has 0 atom stereocenters. The average Bonchev–Trinajstić information content (AvgIpc) is 2.36. The Morgan fingerprint density at radius 1 is 1.18 bits per heavy atom. The zero-order valence-electron chi connectivity index (χ0n) is 10.2. The molecule has 0 fully saturated rings. The molecule has 2 N–H and O–H groups in total. The second-order valence-corrected chi connectivity index (χ2v) is 3.35. The van der Waals surface area contributed by atoms with Gasteiger partial charge in [-0.15, -0.1) is 6.42 Å². The van der Waals surface area contributed by atoms with E-state index in [0.29, 0.717) is 18.0 Å². The lowest BCUT2D eigenvalue weighted by atomic mass is 10.1. The summed E-state index contributed by atoms with van der Waals surface area (Å²) in [4.78, 5) is 0. The zero-order chi connectivity index (χ0) is 12.7. The first-order valence-corrected chi connectivity index (χ1v) is 5.28. The van der Waals surface area contributed by atoms with Crippen LogP contribution in [-0.2, 0) is 6.42 Å². The Bertz CT molecular complexity index is 410. The van der Waals surface area contributed by atoms with Crippen LogP contribution in [0.2, 0.25) is 0 Å². The highest BCUT2D eigenvalue weighted by molar-refractivity contribution is 5.51. The van der Waals surface area contributed by atoms with E-state index in [9.17, 15) is 0 Å². The van der Waals surface area contributed by atoms with Crippen LogP contribution in [-0.4, -0.2) is 27.4 Å². The van der Waals surface area contributed by atoms with Crippen molar-refractivity contribution in [3.05, 3.63) is 17.7 Å². The van der Waals surface area contributed by atoms with Gasteiger partial charge in [0.25, 0.3) is 0 Å². The van der Waals surface area contributed by atoms with E-state index in [4.69, 9.17) is 26.4 Å². The predicted octanol–water partition coefficient (Wildman–Crippen LogP) is 1.22. The molecule has 0 amide bonds. The van der Waals surface area contributed by atoms with Crippen LogP contribution in [0.25, 0.3) is 0 Å². The predicted molar refractivity (Wildman–Crippen MR) is 66.6 cm³/mol. The first-order chi connectivity index (χ1) is 8.26. The lowest BCUT2D eigenvalue weighted by Crippen LogP contribution is -2.05. The van der Waals surface area contributed by atoms with Crippen LogP contribution >= 0.6 is 0 Å². The Labute approximate surface area is 102 Å². The molecule has 0 aliphatic rings. The first kappa shape index (κ1) is 13.2. The fourth-order valence-electron chi connectivity index (χ4n) is 1.52. The van der Waals surface area contributed by atoms with E-state index in [1.54, 1.807) is 20.3 Å². The van der Waals surface area contributed by atoms with Gasteiger partial charge in [0.1, 0.15) is 12.4 Å². The highest BCUT2D eigenvalue weighted by Gasteiger charge is 2.11. The summed E-state index contributed by atoms with van der Waals surface area (Å²) in [5.74, 6) is 4.33. The molecule has 0 radical (unpaired) electrons. The van der Waals surface area contributed by atoms with E-state index in [-0.39, 0.29) is 6.61 Å². The van der Waals surface area contributed by atoms with Crippen molar-refractivity contribution in [3.8, 4) is 29.6 Å². The van der Waals surface area contributed by atoms with Gasteiger partial charge in [-0.3, -0.25) is 0 Å². The summed E-state index contributed by atoms with van der Waals surface area (Å²) in [6.07, 6.45) is 5.87. The fourth-order valence-corrected chi connectivity index (χ4v) is 1.52. The fraction of sp³-hybridized carbons (Fsp3) is 0.385. The van der Waals surface area contributed by atoms with Gasteiger partial charge in [0.05, 0.1) is 14.2 Å². The van der Waals surface area contributed by atoms with E-state index in [1.165, 1.54) is 0 Å². The van der Waals surface area contributed by atoms with Crippen molar-refractivity contribution in [2.75, 3.05) is 27.4 Å². The smallest absolute Gasteiger partial charge is 0.166 e. The van der Waals surface area contributed by atoms with Gasteiger partial charge in [-0.1, -0.05) is 5.92 Å². The molecule has 4 heteroatoms. The molecule has 0 unspecified atom stereocenters. The number of methoxy groups -OCH3 is 2. The highest BCUT2D eigenvalue weighted by atomic mass is 16.5. The van der Waals surface area contributed by atoms with Gasteiger partial charge < -0.3 is 19.9 Å². The minimum atomic E-state index is 0.190. The maximum atomic E-state index is 5.54. The molecule has 92 valence electrons. The van der Waals surface area contributed by atoms with Crippen LogP contribution in [0.4, 0.5) is 0 Å². The van der Waals surface area contributed by atoms with Gasteiger partial charge in [-0.25, -0.2) is 0 Å². The summed E-state index contributed by atoms with van der Waals surface area (Å²) in [5.41, 5.74) is 6.53. The Morgan fingerprint density at radius 2 is 1.88 bits per heavy atom. The van der Waals surface area contributed by atoms with E-state index >= 15 is 0 Å². The summed E-state index contributed by atoms with van der Waals surface area (Å²) in [6, 6.07) is 3.62. The second-order valence-electron chi connectivity index (χ2n) is 3.35. The third-order valence-electron chi connectivity index (χ3n) is 2.29. The van der Waals surface area contributed by atoms with Crippen molar-refractivity contribution < 1.29 is 14.2 Å². The molecule has 4 nitrogen and oxygen atoms in total. The monoisotopic (exact) mass is 235 g/mol. The van der Waals surface area contributed by atoms with Gasteiger partial charge in [0, 0.05) is 6.07 Å². The van der Waals surface area contributed by atoms with E-state index in [1.807, 2.05) is 6.07 Å². The zero-order valence-corrected chi connectivity index (χ0v) is 10.2. The van der Waals surface area contributed by atoms with Gasteiger partial charge >= 0.3 is 0 Å². The number of hydrogen-bond acceptors (Lipinski definition) is 4. The maximum absolute atomic E-state index is 5.54. The number of terminal acetylenes is 1. The largest absolute Gasteiger partial charge is 0.496 e. The second kappa shape index (κ2) is 6.66. The molecule has 0 aromatic heterocycles. The Kier molecular flexibility index (Phi) is 5.18. The van der Waals surface area contributed by atoms with Crippen LogP contribution < -0.4 is 19.9 Å². The summed E-state index contributed by atoms with van der Waals surface area (Å²) in [5, 5.41) is 0. The summed E-state index contributed by atoms with van der Waals surface area (Å²) >= 11 is 0. The normalized spacial score (nSPS) is 9.53. The van der Waals surface area contributed by atoms with Crippen molar-refractivity contribution in [3.63, 3.8) is 0 Å². The topological polar surface area (TPSA) is 53.7 Å². The van der Waals surface area contributed by atoms with Gasteiger partial charge in [-0.05, 0) is 24.6 Å². The molecule has 0 aliphatic heterocycles. The highest BCUT2D eigenvalue weighted by Crippen LogP contribution is 2.34. The van der Waals surface area contributed by atoms with E-state index < -0.39 is 0 Å². The van der Waals surface area contributed by atoms with Crippen molar-refractivity contribution in [1.82, 2.24) is 0 Å². The molecule has 0 aliphatic carbocycles. The lowest BCUT2D eigenvalue weighted by Gasteiger charge is -2.14. The van der Waals surface area contributed by atoms with Crippen LogP contribution in [0.1, 0.15) is 5.56 Å². The Morgan fingerprint density at radius 3 is 2.41 bits per heavy atom. The number of hydrogen-bond donors (Lipinski definition) is 1. The van der Waals surface area contributed by atoms with Crippen molar-refractivity contribution in [2.45, 2.75) is 6.42 Å².